The smallest absolute Gasteiger partial charge is 0.237 e. The molecule has 0 radical (unpaired) electrons. The van der Waals surface area contributed by atoms with Crippen LogP contribution in [0.1, 0.15) is 6.92 Å². The van der Waals surface area contributed by atoms with Gasteiger partial charge in [0.1, 0.15) is 5.75 Å². The molecule has 0 heterocycles. The maximum absolute atomic E-state index is 12.4. The predicted molar refractivity (Wildman–Crippen MR) is 107 cm³/mol. The van der Waals surface area contributed by atoms with E-state index in [0.717, 1.165) is 21.2 Å². The minimum absolute atomic E-state index is 0.162. The van der Waals surface area contributed by atoms with Gasteiger partial charge in [0.2, 0.25) is 15.9 Å². The molecule has 1 N–H and O–H groups in total. The van der Waals surface area contributed by atoms with Crippen molar-refractivity contribution in [1.29, 1.82) is 0 Å². The third-order valence-electron chi connectivity index (χ3n) is 3.72. The fourth-order valence-electron chi connectivity index (χ4n) is 2.13. The Morgan fingerprint density at radius 3 is 2.42 bits per heavy atom. The minimum Gasteiger partial charge on any atom is -0.497 e. The lowest BCUT2D eigenvalue weighted by Gasteiger charge is -2.18. The summed E-state index contributed by atoms with van der Waals surface area (Å²) in [4.78, 5) is 13.4. The van der Waals surface area contributed by atoms with E-state index in [2.05, 4.69) is 5.32 Å². The first kappa shape index (κ1) is 20.1. The van der Waals surface area contributed by atoms with Gasteiger partial charge in [0, 0.05) is 17.6 Å². The summed E-state index contributed by atoms with van der Waals surface area (Å²) in [6, 6.07) is 14.2. The number of nitrogens with zero attached hydrogens (tertiary/aromatic N) is 1. The monoisotopic (exact) mass is 394 g/mol. The predicted octanol–water partition coefficient (Wildman–Crippen LogP) is 3.21. The fourth-order valence-corrected chi connectivity index (χ4v) is 3.49. The second-order valence-corrected chi connectivity index (χ2v) is 9.13. The maximum atomic E-state index is 12.4. The number of thioether (sulfide) groups is 1. The molecule has 0 bridgehead atoms. The van der Waals surface area contributed by atoms with E-state index < -0.39 is 10.0 Å². The van der Waals surface area contributed by atoms with E-state index in [1.165, 1.54) is 18.8 Å². The van der Waals surface area contributed by atoms with Crippen molar-refractivity contribution in [2.75, 3.05) is 30.0 Å². The van der Waals surface area contributed by atoms with Crippen molar-refractivity contribution in [1.82, 2.24) is 0 Å². The third-order valence-corrected chi connectivity index (χ3v) is 6.03. The first-order chi connectivity index (χ1) is 12.2. The number of amides is 1. The minimum atomic E-state index is -3.36. The van der Waals surface area contributed by atoms with Crippen LogP contribution in [0, 0.1) is 0 Å². The molecule has 2 aromatic carbocycles. The maximum Gasteiger partial charge on any atom is 0.237 e. The molecule has 1 atom stereocenters. The van der Waals surface area contributed by atoms with Crippen LogP contribution in [-0.4, -0.2) is 40.0 Å². The number of hydrogen-bond acceptors (Lipinski definition) is 5. The number of methoxy groups -OCH3 is 1. The van der Waals surface area contributed by atoms with Crippen LogP contribution in [0.15, 0.2) is 53.4 Å². The molecule has 0 aliphatic carbocycles. The highest BCUT2D eigenvalue weighted by molar-refractivity contribution is 8.00. The molecule has 0 aliphatic heterocycles. The van der Waals surface area contributed by atoms with Crippen molar-refractivity contribution in [3.63, 3.8) is 0 Å². The largest absolute Gasteiger partial charge is 0.497 e. The molecular weight excluding hydrogens is 372 g/mol. The van der Waals surface area contributed by atoms with Gasteiger partial charge in [-0.2, -0.15) is 0 Å². The number of carbonyl (C=O) groups excluding carboxylic acids is 1. The molecule has 0 aliphatic rings. The molecular formula is C18H22N2O4S2. The Balaban J connectivity index is 2.04. The molecule has 140 valence electrons. The average molecular weight is 395 g/mol. The number of rotatable bonds is 7. The Morgan fingerprint density at radius 1 is 1.19 bits per heavy atom. The van der Waals surface area contributed by atoms with Crippen LogP contribution in [0.5, 0.6) is 5.75 Å². The van der Waals surface area contributed by atoms with Gasteiger partial charge < -0.3 is 10.1 Å². The van der Waals surface area contributed by atoms with Crippen molar-refractivity contribution in [2.24, 2.45) is 0 Å². The Hall–Kier alpha value is -2.19. The molecule has 2 rings (SSSR count). The standard InChI is InChI=1S/C18H22N2O4S2/c1-13(25-17-10-8-16(24-3)9-11-17)18(21)19-14-6-5-7-15(12-14)20(2)26(4,22)23/h5-13H,1-4H3,(H,19,21)/t13-/m1/s1. The lowest BCUT2D eigenvalue weighted by Crippen LogP contribution is -2.25. The highest BCUT2D eigenvalue weighted by atomic mass is 32.2. The molecule has 2 aromatic rings. The van der Waals surface area contributed by atoms with Crippen molar-refractivity contribution in [3.8, 4) is 5.75 Å². The lowest BCUT2D eigenvalue weighted by atomic mass is 10.2. The van der Waals surface area contributed by atoms with Crippen molar-refractivity contribution >= 4 is 39.1 Å². The van der Waals surface area contributed by atoms with Crippen molar-refractivity contribution in [2.45, 2.75) is 17.1 Å². The molecule has 1 amide bonds. The summed E-state index contributed by atoms with van der Waals surface area (Å²) in [7, 11) is -0.282. The van der Waals surface area contributed by atoms with Gasteiger partial charge in [-0.25, -0.2) is 8.42 Å². The van der Waals surface area contributed by atoms with Crippen LogP contribution in [0.3, 0.4) is 0 Å². The quantitative estimate of drug-likeness (QED) is 0.730. The fraction of sp³-hybridized carbons (Fsp3) is 0.278. The van der Waals surface area contributed by atoms with E-state index >= 15 is 0 Å². The molecule has 0 saturated heterocycles. The first-order valence-corrected chi connectivity index (χ1v) is 10.6. The van der Waals surface area contributed by atoms with Gasteiger partial charge in [-0.15, -0.1) is 11.8 Å². The summed E-state index contributed by atoms with van der Waals surface area (Å²) in [6.07, 6.45) is 1.13. The van der Waals surface area contributed by atoms with Crippen LogP contribution in [0.2, 0.25) is 0 Å². The van der Waals surface area contributed by atoms with E-state index in [1.807, 2.05) is 31.2 Å². The van der Waals surface area contributed by atoms with Crippen LogP contribution in [0.25, 0.3) is 0 Å². The Bertz CT molecular complexity index is 867. The average Bonchev–Trinajstić information content (AvgIpc) is 2.61. The molecule has 6 nitrogen and oxygen atoms in total. The second-order valence-electron chi connectivity index (χ2n) is 5.71. The number of carbonyl (C=O) groups is 1. The van der Waals surface area contributed by atoms with Crippen LogP contribution in [0.4, 0.5) is 11.4 Å². The molecule has 0 unspecified atom stereocenters. The molecule has 0 aromatic heterocycles. The highest BCUT2D eigenvalue weighted by Crippen LogP contribution is 2.27. The summed E-state index contributed by atoms with van der Waals surface area (Å²) in [5, 5.41) is 2.51. The number of sulfonamides is 1. The zero-order valence-corrected chi connectivity index (χ0v) is 16.7. The van der Waals surface area contributed by atoms with E-state index in [9.17, 15) is 13.2 Å². The zero-order chi connectivity index (χ0) is 19.3. The van der Waals surface area contributed by atoms with Gasteiger partial charge in [-0.05, 0) is 49.4 Å². The summed E-state index contributed by atoms with van der Waals surface area (Å²) in [6.45, 7) is 1.82. The molecule has 0 saturated carbocycles. The number of hydrogen-bond donors (Lipinski definition) is 1. The first-order valence-electron chi connectivity index (χ1n) is 7.86. The van der Waals surface area contributed by atoms with Gasteiger partial charge in [0.05, 0.1) is 24.3 Å². The summed E-state index contributed by atoms with van der Waals surface area (Å²) in [5.74, 6) is 0.600. The molecule has 0 spiro atoms. The van der Waals surface area contributed by atoms with Crippen LogP contribution in [-0.2, 0) is 14.8 Å². The van der Waals surface area contributed by atoms with Gasteiger partial charge >= 0.3 is 0 Å². The molecule has 26 heavy (non-hydrogen) atoms. The SMILES string of the molecule is COc1ccc(S[C@H](C)C(=O)Nc2cccc(N(C)S(C)(=O)=O)c2)cc1. The Kier molecular flexibility index (Phi) is 6.55. The van der Waals surface area contributed by atoms with Crippen LogP contribution >= 0.6 is 11.8 Å². The molecule has 0 fully saturated rings. The van der Waals surface area contributed by atoms with E-state index in [1.54, 1.807) is 31.4 Å². The van der Waals surface area contributed by atoms with E-state index in [4.69, 9.17) is 4.74 Å². The highest BCUT2D eigenvalue weighted by Gasteiger charge is 2.16. The molecule has 8 heteroatoms. The van der Waals surface area contributed by atoms with Gasteiger partial charge in [0.25, 0.3) is 0 Å². The van der Waals surface area contributed by atoms with Gasteiger partial charge in [-0.1, -0.05) is 6.07 Å². The van der Waals surface area contributed by atoms with Crippen molar-refractivity contribution < 1.29 is 17.9 Å². The topological polar surface area (TPSA) is 75.7 Å². The van der Waals surface area contributed by atoms with Gasteiger partial charge in [-0.3, -0.25) is 9.10 Å². The number of benzene rings is 2. The summed E-state index contributed by atoms with van der Waals surface area (Å²) < 4.78 is 29.6. The number of anilines is 2. The van der Waals surface area contributed by atoms with E-state index in [0.29, 0.717) is 11.4 Å². The summed E-state index contributed by atoms with van der Waals surface area (Å²) >= 11 is 1.43. The van der Waals surface area contributed by atoms with E-state index in [-0.39, 0.29) is 11.2 Å². The number of ether oxygens (including phenoxy) is 1. The zero-order valence-electron chi connectivity index (χ0n) is 15.1. The lowest BCUT2D eigenvalue weighted by molar-refractivity contribution is -0.115. The summed E-state index contributed by atoms with van der Waals surface area (Å²) in [5.41, 5.74) is 1.03. The van der Waals surface area contributed by atoms with Crippen LogP contribution < -0.4 is 14.4 Å². The van der Waals surface area contributed by atoms with Crippen molar-refractivity contribution in [3.05, 3.63) is 48.5 Å². The third kappa shape index (κ3) is 5.40. The Morgan fingerprint density at radius 2 is 1.85 bits per heavy atom. The number of nitrogens with one attached hydrogen (secondary N) is 1. The normalized spacial score (nSPS) is 12.3. The second kappa shape index (κ2) is 8.46. The Labute approximate surface area is 158 Å². The van der Waals surface area contributed by atoms with Gasteiger partial charge in [0.15, 0.2) is 0 Å².